The molecule has 146 valence electrons. The summed E-state index contributed by atoms with van der Waals surface area (Å²) in [5.41, 5.74) is 2.15. The van der Waals surface area contributed by atoms with Crippen LogP contribution in [0.2, 0.25) is 15.1 Å². The van der Waals surface area contributed by atoms with E-state index in [9.17, 15) is 0 Å². The minimum Gasteiger partial charge on any atom is -0.274 e. The van der Waals surface area contributed by atoms with Gasteiger partial charge in [0.25, 0.3) is 0 Å². The molecule has 28 heavy (non-hydrogen) atoms. The van der Waals surface area contributed by atoms with Crippen molar-refractivity contribution in [3.05, 3.63) is 68.9 Å². The molecule has 2 aromatic carbocycles. The molecular formula is C21H20Cl3N3S. The molecule has 0 unspecified atom stereocenters. The minimum atomic E-state index is 0.431. The van der Waals surface area contributed by atoms with Gasteiger partial charge in [-0.25, -0.2) is 0 Å². The molecule has 0 saturated heterocycles. The van der Waals surface area contributed by atoms with Crippen LogP contribution >= 0.6 is 46.6 Å². The Morgan fingerprint density at radius 3 is 2.36 bits per heavy atom. The van der Waals surface area contributed by atoms with Crippen molar-refractivity contribution in [1.82, 2.24) is 14.8 Å². The fraction of sp³-hybridized carbons (Fsp3) is 0.333. The van der Waals surface area contributed by atoms with Crippen molar-refractivity contribution in [2.24, 2.45) is 0 Å². The molecule has 1 aromatic heterocycles. The monoisotopic (exact) mass is 451 g/mol. The Balaban J connectivity index is 1.67. The third-order valence-electron chi connectivity index (χ3n) is 5.07. The van der Waals surface area contributed by atoms with E-state index in [4.69, 9.17) is 34.8 Å². The normalized spacial score (nSPS) is 15.1. The molecule has 0 amide bonds. The van der Waals surface area contributed by atoms with Crippen molar-refractivity contribution in [3.8, 4) is 5.69 Å². The van der Waals surface area contributed by atoms with Crippen LogP contribution in [-0.2, 0) is 5.75 Å². The molecule has 0 atom stereocenters. The van der Waals surface area contributed by atoms with Crippen LogP contribution in [0.15, 0.2) is 47.6 Å². The number of benzene rings is 2. The van der Waals surface area contributed by atoms with Gasteiger partial charge in [-0.1, -0.05) is 78.0 Å². The first-order valence-corrected chi connectivity index (χ1v) is 11.5. The van der Waals surface area contributed by atoms with Crippen molar-refractivity contribution in [3.63, 3.8) is 0 Å². The van der Waals surface area contributed by atoms with Crippen molar-refractivity contribution in [2.45, 2.75) is 48.9 Å². The Kier molecular flexibility index (Phi) is 6.52. The second kappa shape index (κ2) is 9.08. The number of halogens is 3. The summed E-state index contributed by atoms with van der Waals surface area (Å²) in [6.07, 6.45) is 6.09. The van der Waals surface area contributed by atoms with Gasteiger partial charge < -0.3 is 0 Å². The van der Waals surface area contributed by atoms with Crippen LogP contribution < -0.4 is 0 Å². The molecule has 1 aliphatic rings. The van der Waals surface area contributed by atoms with E-state index in [1.807, 2.05) is 42.5 Å². The van der Waals surface area contributed by atoms with Gasteiger partial charge in [-0.05, 0) is 48.7 Å². The van der Waals surface area contributed by atoms with Gasteiger partial charge in [0.2, 0.25) is 0 Å². The highest BCUT2D eigenvalue weighted by atomic mass is 35.5. The molecule has 4 rings (SSSR count). The summed E-state index contributed by atoms with van der Waals surface area (Å²) >= 11 is 20.1. The predicted molar refractivity (Wildman–Crippen MR) is 118 cm³/mol. The average Bonchev–Trinajstić information content (AvgIpc) is 3.14. The third kappa shape index (κ3) is 4.51. The summed E-state index contributed by atoms with van der Waals surface area (Å²) in [6.45, 7) is 0. The summed E-state index contributed by atoms with van der Waals surface area (Å²) in [4.78, 5) is 0. The highest BCUT2D eigenvalue weighted by Crippen LogP contribution is 2.36. The smallest absolute Gasteiger partial charge is 0.196 e. The van der Waals surface area contributed by atoms with Crippen LogP contribution in [0.3, 0.4) is 0 Å². The molecule has 1 aliphatic carbocycles. The molecule has 0 spiro atoms. The van der Waals surface area contributed by atoms with Gasteiger partial charge in [-0.2, -0.15) is 0 Å². The Labute approximate surface area is 184 Å². The van der Waals surface area contributed by atoms with Crippen molar-refractivity contribution in [1.29, 1.82) is 0 Å². The zero-order valence-corrected chi connectivity index (χ0v) is 18.3. The molecule has 3 nitrogen and oxygen atoms in total. The van der Waals surface area contributed by atoms with E-state index in [1.165, 1.54) is 24.8 Å². The maximum atomic E-state index is 6.30. The molecular weight excluding hydrogens is 433 g/mol. The lowest BCUT2D eigenvalue weighted by Crippen LogP contribution is -2.12. The average molecular weight is 453 g/mol. The number of aromatic nitrogens is 3. The second-order valence-corrected chi connectivity index (χ2v) is 9.22. The first kappa shape index (κ1) is 20.1. The third-order valence-corrected chi connectivity index (χ3v) is 7.06. The molecule has 0 radical (unpaired) electrons. The van der Waals surface area contributed by atoms with Gasteiger partial charge in [0.15, 0.2) is 5.16 Å². The maximum Gasteiger partial charge on any atom is 0.196 e. The quantitative estimate of drug-likeness (QED) is 0.374. The van der Waals surface area contributed by atoms with E-state index >= 15 is 0 Å². The van der Waals surface area contributed by atoms with E-state index in [0.29, 0.717) is 16.0 Å². The molecule has 0 bridgehead atoms. The van der Waals surface area contributed by atoms with Gasteiger partial charge >= 0.3 is 0 Å². The van der Waals surface area contributed by atoms with Gasteiger partial charge in [0.05, 0.1) is 15.7 Å². The van der Waals surface area contributed by atoms with E-state index in [-0.39, 0.29) is 0 Å². The highest BCUT2D eigenvalue weighted by Gasteiger charge is 2.24. The van der Waals surface area contributed by atoms with Gasteiger partial charge in [-0.3, -0.25) is 4.57 Å². The molecule has 0 aliphatic heterocycles. The van der Waals surface area contributed by atoms with Crippen LogP contribution in [0.4, 0.5) is 0 Å². The predicted octanol–water partition coefficient (Wildman–Crippen LogP) is 7.57. The van der Waals surface area contributed by atoms with Crippen LogP contribution in [0.1, 0.15) is 49.4 Å². The Morgan fingerprint density at radius 2 is 1.64 bits per heavy atom. The fourth-order valence-electron chi connectivity index (χ4n) is 3.60. The number of hydrogen-bond donors (Lipinski definition) is 0. The van der Waals surface area contributed by atoms with Crippen LogP contribution in [0.5, 0.6) is 0 Å². The van der Waals surface area contributed by atoms with Gasteiger partial charge in [0.1, 0.15) is 5.82 Å². The van der Waals surface area contributed by atoms with Crippen LogP contribution in [0.25, 0.3) is 5.69 Å². The molecule has 7 heteroatoms. The molecule has 1 heterocycles. The maximum absolute atomic E-state index is 6.30. The zero-order chi connectivity index (χ0) is 19.5. The van der Waals surface area contributed by atoms with E-state index in [2.05, 4.69) is 14.8 Å². The number of nitrogens with zero attached hydrogens (tertiary/aromatic N) is 3. The summed E-state index contributed by atoms with van der Waals surface area (Å²) in [6, 6.07) is 13.6. The lowest BCUT2D eigenvalue weighted by atomic mass is 9.88. The Bertz CT molecular complexity index is 950. The standard InChI is InChI=1S/C21H20Cl3N3S/c22-16-8-6-14(7-9-16)13-28-21-26-25-20(15-4-2-1-3-5-15)27(21)17-10-11-18(23)19(24)12-17/h6-12,15H,1-5,13H2. The topological polar surface area (TPSA) is 30.7 Å². The fourth-order valence-corrected chi connectivity index (χ4v) is 4.93. The van der Waals surface area contributed by atoms with E-state index < -0.39 is 0 Å². The first-order chi connectivity index (χ1) is 13.6. The first-order valence-electron chi connectivity index (χ1n) is 9.40. The largest absolute Gasteiger partial charge is 0.274 e. The summed E-state index contributed by atoms with van der Waals surface area (Å²) in [5, 5.41) is 11.8. The Morgan fingerprint density at radius 1 is 0.893 bits per heavy atom. The van der Waals surface area contributed by atoms with Gasteiger partial charge in [0, 0.05) is 16.7 Å². The second-order valence-electron chi connectivity index (χ2n) is 7.02. The van der Waals surface area contributed by atoms with Gasteiger partial charge in [-0.15, -0.1) is 10.2 Å². The van der Waals surface area contributed by atoms with Crippen molar-refractivity contribution >= 4 is 46.6 Å². The minimum absolute atomic E-state index is 0.431. The summed E-state index contributed by atoms with van der Waals surface area (Å²) < 4.78 is 2.15. The number of thioether (sulfide) groups is 1. The number of hydrogen-bond acceptors (Lipinski definition) is 3. The zero-order valence-electron chi connectivity index (χ0n) is 15.2. The molecule has 1 saturated carbocycles. The lowest BCUT2D eigenvalue weighted by molar-refractivity contribution is 0.423. The van der Waals surface area contributed by atoms with E-state index in [0.717, 1.165) is 40.3 Å². The summed E-state index contributed by atoms with van der Waals surface area (Å²) in [5.74, 6) is 2.25. The van der Waals surface area contributed by atoms with Crippen molar-refractivity contribution < 1.29 is 0 Å². The summed E-state index contributed by atoms with van der Waals surface area (Å²) in [7, 11) is 0. The van der Waals surface area contributed by atoms with Crippen molar-refractivity contribution in [2.75, 3.05) is 0 Å². The Hall–Kier alpha value is -1.20. The lowest BCUT2D eigenvalue weighted by Gasteiger charge is -2.22. The molecule has 3 aromatic rings. The SMILES string of the molecule is Clc1ccc(CSc2nnc(C3CCCCC3)n2-c2ccc(Cl)c(Cl)c2)cc1. The molecule has 0 N–H and O–H groups in total. The van der Waals surface area contributed by atoms with Crippen LogP contribution in [0, 0.1) is 0 Å². The molecule has 1 fully saturated rings. The highest BCUT2D eigenvalue weighted by molar-refractivity contribution is 7.98. The van der Waals surface area contributed by atoms with E-state index in [1.54, 1.807) is 11.8 Å². The van der Waals surface area contributed by atoms with Crippen LogP contribution in [-0.4, -0.2) is 14.8 Å². The number of rotatable bonds is 5.